The number of nitrogens with one attached hydrogen (secondary N) is 1. The molecule has 2 aromatic carbocycles. The predicted molar refractivity (Wildman–Crippen MR) is 111 cm³/mol. The van der Waals surface area contributed by atoms with Gasteiger partial charge in [-0.15, -0.1) is 11.8 Å². The number of carbonyl (C=O) groups excluding carboxylic acids is 2. The molecule has 5 heteroatoms. The van der Waals surface area contributed by atoms with Crippen molar-refractivity contribution in [2.45, 2.75) is 44.6 Å². The zero-order valence-corrected chi connectivity index (χ0v) is 16.8. The minimum Gasteiger partial charge on any atom is -0.339 e. The van der Waals surface area contributed by atoms with Gasteiger partial charge in [0.05, 0.1) is 5.75 Å². The first-order valence-corrected chi connectivity index (χ1v) is 10.4. The maximum atomic E-state index is 12.3. The SMILES string of the molecule is CCN(Cc1cccc(NC(=O)CSc2ccc3c(c2)CCC3)c1)C(C)=O. The molecule has 0 spiro atoms. The van der Waals surface area contributed by atoms with Crippen molar-refractivity contribution in [3.63, 3.8) is 0 Å². The molecule has 0 fully saturated rings. The first-order chi connectivity index (χ1) is 13.0. The number of hydrogen-bond acceptors (Lipinski definition) is 3. The van der Waals surface area contributed by atoms with Crippen molar-refractivity contribution >= 4 is 29.3 Å². The van der Waals surface area contributed by atoms with Crippen molar-refractivity contribution in [2.24, 2.45) is 0 Å². The second-order valence-electron chi connectivity index (χ2n) is 6.85. The number of fused-ring (bicyclic) bond motifs is 1. The highest BCUT2D eigenvalue weighted by Crippen LogP contribution is 2.27. The fraction of sp³-hybridized carbons (Fsp3) is 0.364. The van der Waals surface area contributed by atoms with Crippen molar-refractivity contribution < 1.29 is 9.59 Å². The van der Waals surface area contributed by atoms with E-state index >= 15 is 0 Å². The number of nitrogens with zero attached hydrogens (tertiary/aromatic N) is 1. The number of carbonyl (C=O) groups is 2. The molecule has 2 amide bonds. The van der Waals surface area contributed by atoms with Crippen molar-refractivity contribution in [1.29, 1.82) is 0 Å². The number of anilines is 1. The van der Waals surface area contributed by atoms with E-state index in [1.165, 1.54) is 24.0 Å². The molecule has 0 saturated carbocycles. The van der Waals surface area contributed by atoms with Crippen LogP contribution in [0, 0.1) is 0 Å². The summed E-state index contributed by atoms with van der Waals surface area (Å²) >= 11 is 1.57. The highest BCUT2D eigenvalue weighted by Gasteiger charge is 2.12. The molecule has 0 saturated heterocycles. The number of thioether (sulfide) groups is 1. The van der Waals surface area contributed by atoms with Gasteiger partial charge in [0.25, 0.3) is 0 Å². The maximum Gasteiger partial charge on any atom is 0.234 e. The second kappa shape index (κ2) is 9.09. The molecule has 0 bridgehead atoms. The van der Waals surface area contributed by atoms with E-state index in [4.69, 9.17) is 0 Å². The minimum atomic E-state index is -0.0171. The molecular weight excluding hydrogens is 356 g/mol. The molecule has 0 atom stereocenters. The van der Waals surface area contributed by atoms with Gasteiger partial charge in [0.15, 0.2) is 0 Å². The second-order valence-corrected chi connectivity index (χ2v) is 7.90. The summed E-state index contributed by atoms with van der Waals surface area (Å²) in [5.41, 5.74) is 4.66. The van der Waals surface area contributed by atoms with Gasteiger partial charge in [0.2, 0.25) is 11.8 Å². The van der Waals surface area contributed by atoms with Crippen LogP contribution in [-0.2, 0) is 29.0 Å². The van der Waals surface area contributed by atoms with Crippen molar-refractivity contribution in [3.8, 4) is 0 Å². The van der Waals surface area contributed by atoms with Crippen LogP contribution >= 0.6 is 11.8 Å². The van der Waals surface area contributed by atoms with Crippen LogP contribution in [0.15, 0.2) is 47.4 Å². The quantitative estimate of drug-likeness (QED) is 0.728. The van der Waals surface area contributed by atoms with Gasteiger partial charge in [0.1, 0.15) is 0 Å². The van der Waals surface area contributed by atoms with E-state index in [-0.39, 0.29) is 11.8 Å². The summed E-state index contributed by atoms with van der Waals surface area (Å²) in [6, 6.07) is 14.2. The Hall–Kier alpha value is -2.27. The van der Waals surface area contributed by atoms with Crippen LogP contribution in [-0.4, -0.2) is 29.0 Å². The van der Waals surface area contributed by atoms with E-state index in [9.17, 15) is 9.59 Å². The monoisotopic (exact) mass is 382 g/mol. The third kappa shape index (κ3) is 5.36. The molecule has 0 aliphatic heterocycles. The van der Waals surface area contributed by atoms with Gasteiger partial charge in [-0.2, -0.15) is 0 Å². The topological polar surface area (TPSA) is 49.4 Å². The minimum absolute atomic E-state index is 0.0171. The highest BCUT2D eigenvalue weighted by atomic mass is 32.2. The van der Waals surface area contributed by atoms with Crippen LogP contribution < -0.4 is 5.32 Å². The average Bonchev–Trinajstić information content (AvgIpc) is 3.12. The molecule has 0 unspecified atom stereocenters. The Bertz CT molecular complexity index is 835. The summed E-state index contributed by atoms with van der Waals surface area (Å²) in [6.45, 7) is 4.76. The van der Waals surface area contributed by atoms with Gasteiger partial charge >= 0.3 is 0 Å². The summed E-state index contributed by atoms with van der Waals surface area (Å²) in [5.74, 6) is 0.423. The Balaban J connectivity index is 1.54. The molecule has 142 valence electrons. The third-order valence-corrected chi connectivity index (χ3v) is 5.84. The molecule has 1 aliphatic rings. The maximum absolute atomic E-state index is 12.3. The Labute approximate surface area is 165 Å². The van der Waals surface area contributed by atoms with E-state index in [1.807, 2.05) is 31.2 Å². The van der Waals surface area contributed by atoms with E-state index in [2.05, 4.69) is 23.5 Å². The predicted octanol–water partition coefficient (Wildman–Crippen LogP) is 4.27. The lowest BCUT2D eigenvalue weighted by Gasteiger charge is -2.19. The number of amides is 2. The summed E-state index contributed by atoms with van der Waals surface area (Å²) in [6.07, 6.45) is 3.56. The molecule has 27 heavy (non-hydrogen) atoms. The van der Waals surface area contributed by atoms with Crippen LogP contribution in [0.4, 0.5) is 5.69 Å². The van der Waals surface area contributed by atoms with Gasteiger partial charge < -0.3 is 10.2 Å². The number of rotatable bonds is 7. The van der Waals surface area contributed by atoms with Crippen molar-refractivity contribution in [3.05, 3.63) is 59.2 Å². The Morgan fingerprint density at radius 1 is 1.11 bits per heavy atom. The smallest absolute Gasteiger partial charge is 0.234 e. The zero-order valence-electron chi connectivity index (χ0n) is 16.0. The largest absolute Gasteiger partial charge is 0.339 e. The van der Waals surface area contributed by atoms with Gasteiger partial charge in [-0.1, -0.05) is 18.2 Å². The highest BCUT2D eigenvalue weighted by molar-refractivity contribution is 8.00. The number of aryl methyl sites for hydroxylation is 2. The van der Waals surface area contributed by atoms with E-state index < -0.39 is 0 Å². The molecular formula is C22H26N2O2S. The number of hydrogen-bond donors (Lipinski definition) is 1. The van der Waals surface area contributed by atoms with E-state index in [0.717, 1.165) is 22.6 Å². The molecule has 1 aliphatic carbocycles. The molecule has 1 N–H and O–H groups in total. The van der Waals surface area contributed by atoms with Gasteiger partial charge in [-0.05, 0) is 67.1 Å². The van der Waals surface area contributed by atoms with Crippen LogP contribution in [0.5, 0.6) is 0 Å². The van der Waals surface area contributed by atoms with Crippen LogP contribution in [0.1, 0.15) is 37.0 Å². The van der Waals surface area contributed by atoms with Crippen molar-refractivity contribution in [1.82, 2.24) is 4.90 Å². The van der Waals surface area contributed by atoms with Gasteiger partial charge in [-0.25, -0.2) is 0 Å². The van der Waals surface area contributed by atoms with Crippen molar-refractivity contribution in [2.75, 3.05) is 17.6 Å². The Morgan fingerprint density at radius 2 is 1.93 bits per heavy atom. The molecule has 0 heterocycles. The Kier molecular flexibility index (Phi) is 6.56. The zero-order chi connectivity index (χ0) is 19.2. The summed E-state index contributed by atoms with van der Waals surface area (Å²) in [4.78, 5) is 26.8. The van der Waals surface area contributed by atoms with Gasteiger partial charge in [0, 0.05) is 30.6 Å². The third-order valence-electron chi connectivity index (χ3n) is 4.85. The van der Waals surface area contributed by atoms with Crippen LogP contribution in [0.3, 0.4) is 0 Å². The molecule has 2 aromatic rings. The first-order valence-electron chi connectivity index (χ1n) is 9.44. The summed E-state index contributed by atoms with van der Waals surface area (Å²) < 4.78 is 0. The van der Waals surface area contributed by atoms with Crippen LogP contribution in [0.25, 0.3) is 0 Å². The summed E-state index contributed by atoms with van der Waals surface area (Å²) in [5, 5.41) is 2.96. The summed E-state index contributed by atoms with van der Waals surface area (Å²) in [7, 11) is 0. The van der Waals surface area contributed by atoms with E-state index in [1.54, 1.807) is 23.6 Å². The first kappa shape index (κ1) is 19.5. The molecule has 0 aromatic heterocycles. The van der Waals surface area contributed by atoms with Crippen LogP contribution in [0.2, 0.25) is 0 Å². The number of benzene rings is 2. The standard InChI is InChI=1S/C22H26N2O2S/c1-3-24(16(2)25)14-17-6-4-9-20(12-17)23-22(26)15-27-21-11-10-18-7-5-8-19(18)13-21/h4,6,9-13H,3,5,7-8,14-15H2,1-2H3,(H,23,26). The lowest BCUT2D eigenvalue weighted by atomic mass is 10.1. The fourth-order valence-electron chi connectivity index (χ4n) is 3.40. The fourth-order valence-corrected chi connectivity index (χ4v) is 4.16. The normalized spacial score (nSPS) is 12.5. The lowest BCUT2D eigenvalue weighted by Crippen LogP contribution is -2.27. The Morgan fingerprint density at radius 3 is 2.70 bits per heavy atom. The van der Waals surface area contributed by atoms with E-state index in [0.29, 0.717) is 18.8 Å². The average molecular weight is 383 g/mol. The molecule has 4 nitrogen and oxygen atoms in total. The molecule has 3 rings (SSSR count). The lowest BCUT2D eigenvalue weighted by molar-refractivity contribution is -0.129. The van der Waals surface area contributed by atoms with Gasteiger partial charge in [-0.3, -0.25) is 9.59 Å². The molecule has 0 radical (unpaired) electrons.